The topological polar surface area (TPSA) is 50.2 Å². The molecule has 0 radical (unpaired) electrons. The lowest BCUT2D eigenvalue weighted by atomic mass is 10.0. The molecule has 88 valence electrons. The van der Waals surface area contributed by atoms with E-state index in [1.165, 1.54) is 0 Å². The lowest BCUT2D eigenvalue weighted by Crippen LogP contribution is -2.08. The summed E-state index contributed by atoms with van der Waals surface area (Å²) >= 11 is 11.1. The van der Waals surface area contributed by atoms with Gasteiger partial charge < -0.3 is 5.11 Å². The predicted molar refractivity (Wildman–Crippen MR) is 55.1 cm³/mol. The van der Waals surface area contributed by atoms with Crippen LogP contribution >= 0.6 is 23.2 Å². The van der Waals surface area contributed by atoms with Gasteiger partial charge in [0.1, 0.15) is 5.15 Å². The van der Waals surface area contributed by atoms with Gasteiger partial charge >= 0.3 is 5.97 Å². The molecule has 1 heterocycles. The summed E-state index contributed by atoms with van der Waals surface area (Å²) in [5.74, 6) is -1.45. The van der Waals surface area contributed by atoms with E-state index in [0.717, 1.165) is 6.20 Å². The average Bonchev–Trinajstić information content (AvgIpc) is 2.18. The van der Waals surface area contributed by atoms with E-state index in [1.807, 2.05) is 0 Å². The standard InChI is InChI=1S/C9H7Cl2F2NO2/c10-2-5-7(9(12)13)4(1-6(15)16)3-14-8(5)11/h3,9H,1-2H2,(H,15,16). The van der Waals surface area contributed by atoms with Crippen LogP contribution in [-0.4, -0.2) is 16.1 Å². The van der Waals surface area contributed by atoms with E-state index in [0.29, 0.717) is 0 Å². The highest BCUT2D eigenvalue weighted by molar-refractivity contribution is 6.31. The summed E-state index contributed by atoms with van der Waals surface area (Å²) in [5.41, 5.74) is -0.517. The van der Waals surface area contributed by atoms with Gasteiger partial charge in [0.25, 0.3) is 6.43 Å². The summed E-state index contributed by atoms with van der Waals surface area (Å²) < 4.78 is 25.5. The van der Waals surface area contributed by atoms with Gasteiger partial charge in [-0.05, 0) is 5.56 Å². The fourth-order valence-electron chi connectivity index (χ4n) is 1.29. The number of carboxylic acid groups (broad SMARTS) is 1. The zero-order valence-corrected chi connectivity index (χ0v) is 9.40. The molecule has 1 aromatic rings. The van der Waals surface area contributed by atoms with Crippen LogP contribution in [0.2, 0.25) is 5.15 Å². The maximum absolute atomic E-state index is 12.8. The molecule has 1 N–H and O–H groups in total. The lowest BCUT2D eigenvalue weighted by Gasteiger charge is -2.12. The first-order valence-corrected chi connectivity index (χ1v) is 5.10. The monoisotopic (exact) mass is 269 g/mol. The van der Waals surface area contributed by atoms with E-state index in [-0.39, 0.29) is 22.2 Å². The van der Waals surface area contributed by atoms with Gasteiger partial charge in [-0.1, -0.05) is 11.6 Å². The smallest absolute Gasteiger partial charge is 0.307 e. The number of nitrogens with zero attached hydrogens (tertiary/aromatic N) is 1. The van der Waals surface area contributed by atoms with Crippen LogP contribution in [0, 0.1) is 0 Å². The molecular formula is C9H7Cl2F2NO2. The van der Waals surface area contributed by atoms with Gasteiger partial charge in [0, 0.05) is 17.3 Å². The zero-order valence-electron chi connectivity index (χ0n) is 7.88. The molecule has 0 saturated carbocycles. The van der Waals surface area contributed by atoms with E-state index < -0.39 is 24.4 Å². The molecule has 0 fully saturated rings. The van der Waals surface area contributed by atoms with Crippen LogP contribution in [-0.2, 0) is 17.1 Å². The lowest BCUT2D eigenvalue weighted by molar-refractivity contribution is -0.136. The van der Waals surface area contributed by atoms with Crippen molar-refractivity contribution in [2.45, 2.75) is 18.7 Å². The third kappa shape index (κ3) is 2.80. The first-order chi connectivity index (χ1) is 7.47. The minimum atomic E-state index is -2.83. The van der Waals surface area contributed by atoms with E-state index in [2.05, 4.69) is 4.98 Å². The van der Waals surface area contributed by atoms with E-state index >= 15 is 0 Å². The van der Waals surface area contributed by atoms with Crippen molar-refractivity contribution >= 4 is 29.2 Å². The average molecular weight is 270 g/mol. The third-order valence-corrected chi connectivity index (χ3v) is 2.54. The number of alkyl halides is 3. The van der Waals surface area contributed by atoms with Gasteiger partial charge in [-0.2, -0.15) is 0 Å². The van der Waals surface area contributed by atoms with Crippen LogP contribution in [0.15, 0.2) is 6.20 Å². The van der Waals surface area contributed by atoms with Gasteiger partial charge in [0.05, 0.1) is 12.3 Å². The summed E-state index contributed by atoms with van der Waals surface area (Å²) in [6.07, 6.45) is -2.33. The van der Waals surface area contributed by atoms with E-state index in [1.54, 1.807) is 0 Å². The van der Waals surface area contributed by atoms with Crippen LogP contribution in [0.4, 0.5) is 8.78 Å². The van der Waals surface area contributed by atoms with Gasteiger partial charge in [0.15, 0.2) is 0 Å². The first-order valence-electron chi connectivity index (χ1n) is 4.19. The summed E-state index contributed by atoms with van der Waals surface area (Å²) in [4.78, 5) is 14.1. The third-order valence-electron chi connectivity index (χ3n) is 1.95. The van der Waals surface area contributed by atoms with Gasteiger partial charge in [0.2, 0.25) is 0 Å². The number of carbonyl (C=O) groups is 1. The molecule has 0 spiro atoms. The Balaban J connectivity index is 3.32. The van der Waals surface area contributed by atoms with Crippen molar-refractivity contribution in [3.63, 3.8) is 0 Å². The molecule has 0 atom stereocenters. The van der Waals surface area contributed by atoms with Crippen molar-refractivity contribution < 1.29 is 18.7 Å². The van der Waals surface area contributed by atoms with Crippen LogP contribution in [0.1, 0.15) is 23.1 Å². The minimum absolute atomic E-state index is 0.0166. The zero-order chi connectivity index (χ0) is 12.3. The van der Waals surface area contributed by atoms with Crippen molar-refractivity contribution in [3.05, 3.63) is 28.0 Å². The second-order valence-corrected chi connectivity index (χ2v) is 3.60. The molecule has 7 heteroatoms. The summed E-state index contributed by atoms with van der Waals surface area (Å²) in [5, 5.41) is 8.44. The normalized spacial score (nSPS) is 10.8. The largest absolute Gasteiger partial charge is 0.481 e. The number of carboxylic acids is 1. The minimum Gasteiger partial charge on any atom is -0.481 e. The SMILES string of the molecule is O=C(O)Cc1cnc(Cl)c(CCl)c1C(F)F. The number of aromatic nitrogens is 1. The Hall–Kier alpha value is -0.940. The van der Waals surface area contributed by atoms with Crippen LogP contribution in [0.25, 0.3) is 0 Å². The molecule has 0 aliphatic heterocycles. The number of hydrogen-bond donors (Lipinski definition) is 1. The number of rotatable bonds is 4. The second kappa shape index (κ2) is 5.41. The number of hydrogen-bond acceptors (Lipinski definition) is 2. The highest BCUT2D eigenvalue weighted by Gasteiger charge is 2.21. The summed E-state index contributed by atoms with van der Waals surface area (Å²) in [6.45, 7) is 0. The fourth-order valence-corrected chi connectivity index (χ4v) is 1.85. The molecule has 0 aromatic carbocycles. The van der Waals surface area contributed by atoms with Crippen molar-refractivity contribution in [3.8, 4) is 0 Å². The highest BCUT2D eigenvalue weighted by Crippen LogP contribution is 2.31. The van der Waals surface area contributed by atoms with E-state index in [9.17, 15) is 13.6 Å². The Bertz CT molecular complexity index is 413. The fraction of sp³-hybridized carbons (Fsp3) is 0.333. The number of halogens is 4. The van der Waals surface area contributed by atoms with E-state index in [4.69, 9.17) is 28.3 Å². The predicted octanol–water partition coefficient (Wildman–Crippen LogP) is 3.04. The van der Waals surface area contributed by atoms with Crippen molar-refractivity contribution in [1.29, 1.82) is 0 Å². The Morgan fingerprint density at radius 1 is 1.56 bits per heavy atom. The first kappa shape index (κ1) is 13.1. The molecule has 16 heavy (non-hydrogen) atoms. The number of pyridine rings is 1. The van der Waals surface area contributed by atoms with Crippen LogP contribution < -0.4 is 0 Å². The highest BCUT2D eigenvalue weighted by atomic mass is 35.5. The van der Waals surface area contributed by atoms with Gasteiger partial charge in [-0.25, -0.2) is 13.8 Å². The van der Waals surface area contributed by atoms with Gasteiger partial charge in [-0.15, -0.1) is 11.6 Å². The quantitative estimate of drug-likeness (QED) is 0.675. The van der Waals surface area contributed by atoms with Crippen molar-refractivity contribution in [2.24, 2.45) is 0 Å². The molecule has 0 bridgehead atoms. The maximum atomic E-state index is 12.8. The molecule has 1 rings (SSSR count). The van der Waals surface area contributed by atoms with Gasteiger partial charge in [-0.3, -0.25) is 4.79 Å². The number of aliphatic carboxylic acids is 1. The molecule has 3 nitrogen and oxygen atoms in total. The Morgan fingerprint density at radius 2 is 2.19 bits per heavy atom. The molecule has 0 amide bonds. The molecular weight excluding hydrogens is 263 g/mol. The Labute approximate surface area is 100 Å². The molecule has 1 aromatic heterocycles. The summed E-state index contributed by atoms with van der Waals surface area (Å²) in [7, 11) is 0. The Morgan fingerprint density at radius 3 is 2.62 bits per heavy atom. The Kier molecular flexibility index (Phi) is 4.44. The van der Waals surface area contributed by atoms with Crippen LogP contribution in [0.5, 0.6) is 0 Å². The molecule has 0 aliphatic rings. The summed E-state index contributed by atoms with van der Waals surface area (Å²) in [6, 6.07) is 0. The molecule has 0 unspecified atom stereocenters. The molecule has 0 aliphatic carbocycles. The maximum Gasteiger partial charge on any atom is 0.307 e. The van der Waals surface area contributed by atoms with Crippen molar-refractivity contribution in [1.82, 2.24) is 4.98 Å². The molecule has 0 saturated heterocycles. The van der Waals surface area contributed by atoms with Crippen molar-refractivity contribution in [2.75, 3.05) is 0 Å². The second-order valence-electron chi connectivity index (χ2n) is 2.97. The van der Waals surface area contributed by atoms with Crippen LogP contribution in [0.3, 0.4) is 0 Å².